The molecular formula is C10H8BrFN2O. The molecule has 1 unspecified atom stereocenters. The summed E-state index contributed by atoms with van der Waals surface area (Å²) in [6.45, 7) is 1.85. The lowest BCUT2D eigenvalue weighted by atomic mass is 10.2. The highest BCUT2D eigenvalue weighted by atomic mass is 79.9. The smallest absolute Gasteiger partial charge is 0.258 e. The third kappa shape index (κ3) is 1.92. The monoisotopic (exact) mass is 270 g/mol. The largest absolute Gasteiger partial charge is 0.309 e. The first-order chi connectivity index (χ1) is 7.08. The summed E-state index contributed by atoms with van der Waals surface area (Å²) in [5, 5.41) is 0.270. The van der Waals surface area contributed by atoms with E-state index in [1.165, 1.54) is 18.2 Å². The van der Waals surface area contributed by atoms with Gasteiger partial charge in [-0.2, -0.15) is 0 Å². The molecule has 2 rings (SSSR count). The Balaban J connectivity index is 2.79. The Bertz CT molecular complexity index is 565. The predicted molar refractivity (Wildman–Crippen MR) is 59.7 cm³/mol. The molecule has 5 heteroatoms. The highest BCUT2D eigenvalue weighted by Gasteiger charge is 2.08. The van der Waals surface area contributed by atoms with E-state index in [9.17, 15) is 9.18 Å². The summed E-state index contributed by atoms with van der Waals surface area (Å²) in [6, 6.07) is 3.97. The fourth-order valence-electron chi connectivity index (χ4n) is 1.32. The van der Waals surface area contributed by atoms with Gasteiger partial charge < -0.3 is 4.98 Å². The molecule has 15 heavy (non-hydrogen) atoms. The van der Waals surface area contributed by atoms with Gasteiger partial charge in [0.25, 0.3) is 5.56 Å². The van der Waals surface area contributed by atoms with E-state index in [4.69, 9.17) is 0 Å². The Morgan fingerprint density at radius 1 is 1.53 bits per heavy atom. The maximum absolute atomic E-state index is 12.9. The number of halogens is 2. The second-order valence-electron chi connectivity index (χ2n) is 3.23. The maximum atomic E-state index is 12.9. The molecule has 0 aliphatic rings. The molecular weight excluding hydrogens is 263 g/mol. The molecule has 0 aliphatic heterocycles. The minimum Gasteiger partial charge on any atom is -0.309 e. The van der Waals surface area contributed by atoms with Crippen molar-refractivity contribution in [2.24, 2.45) is 0 Å². The average molecular weight is 271 g/mol. The van der Waals surface area contributed by atoms with Crippen LogP contribution in [0.3, 0.4) is 0 Å². The summed E-state index contributed by atoms with van der Waals surface area (Å²) >= 11 is 3.31. The van der Waals surface area contributed by atoms with Crippen LogP contribution in [0.2, 0.25) is 0 Å². The first kappa shape index (κ1) is 10.3. The number of aromatic amines is 1. The van der Waals surface area contributed by atoms with Crippen LogP contribution in [0, 0.1) is 5.82 Å². The minimum absolute atomic E-state index is 0.0420. The van der Waals surface area contributed by atoms with Crippen LogP contribution in [0.5, 0.6) is 0 Å². The average Bonchev–Trinajstić information content (AvgIpc) is 2.18. The molecule has 1 aromatic carbocycles. The molecule has 0 spiro atoms. The Kier molecular flexibility index (Phi) is 2.56. The molecule has 2 aromatic rings. The molecule has 3 nitrogen and oxygen atoms in total. The Morgan fingerprint density at radius 2 is 2.27 bits per heavy atom. The lowest BCUT2D eigenvalue weighted by molar-refractivity contribution is 0.629. The second kappa shape index (κ2) is 3.73. The summed E-state index contributed by atoms with van der Waals surface area (Å²) in [7, 11) is 0. The molecule has 1 heterocycles. The lowest BCUT2D eigenvalue weighted by Crippen LogP contribution is -2.12. The van der Waals surface area contributed by atoms with Crippen LogP contribution in [0.25, 0.3) is 10.9 Å². The summed E-state index contributed by atoms with van der Waals surface area (Å²) in [6.07, 6.45) is 0. The van der Waals surface area contributed by atoms with Crippen molar-refractivity contribution in [1.29, 1.82) is 0 Å². The third-order valence-corrected chi connectivity index (χ3v) is 2.50. The molecule has 0 bridgehead atoms. The third-order valence-electron chi connectivity index (χ3n) is 2.06. The molecule has 0 fully saturated rings. The van der Waals surface area contributed by atoms with Gasteiger partial charge in [0.05, 0.1) is 15.7 Å². The minimum atomic E-state index is -0.436. The number of H-pyrrole nitrogens is 1. The first-order valence-corrected chi connectivity index (χ1v) is 5.33. The first-order valence-electron chi connectivity index (χ1n) is 4.41. The number of aromatic nitrogens is 2. The van der Waals surface area contributed by atoms with Gasteiger partial charge in [0.2, 0.25) is 0 Å². The van der Waals surface area contributed by atoms with Gasteiger partial charge >= 0.3 is 0 Å². The zero-order chi connectivity index (χ0) is 11.0. The number of rotatable bonds is 1. The quantitative estimate of drug-likeness (QED) is 0.810. The highest BCUT2D eigenvalue weighted by molar-refractivity contribution is 9.09. The molecule has 1 aromatic heterocycles. The SMILES string of the molecule is CC(Br)c1nc2ccc(F)cc2c(=O)[nH]1. The highest BCUT2D eigenvalue weighted by Crippen LogP contribution is 2.18. The van der Waals surface area contributed by atoms with Gasteiger partial charge in [-0.25, -0.2) is 9.37 Å². The zero-order valence-corrected chi connectivity index (χ0v) is 9.51. The van der Waals surface area contributed by atoms with E-state index < -0.39 is 5.82 Å². The number of benzene rings is 1. The van der Waals surface area contributed by atoms with Crippen molar-refractivity contribution in [2.45, 2.75) is 11.8 Å². The fourth-order valence-corrected chi connectivity index (χ4v) is 1.53. The Labute approximate surface area is 93.5 Å². The van der Waals surface area contributed by atoms with Crippen molar-refractivity contribution in [3.05, 3.63) is 40.2 Å². The number of nitrogens with one attached hydrogen (secondary N) is 1. The molecule has 1 N–H and O–H groups in total. The van der Waals surface area contributed by atoms with Crippen LogP contribution in [0.4, 0.5) is 4.39 Å². The molecule has 0 aliphatic carbocycles. The molecule has 1 atom stereocenters. The van der Waals surface area contributed by atoms with Crippen LogP contribution in [0.15, 0.2) is 23.0 Å². The number of fused-ring (bicyclic) bond motifs is 1. The van der Waals surface area contributed by atoms with Gasteiger partial charge in [-0.3, -0.25) is 4.79 Å². The summed E-state index contributed by atoms with van der Waals surface area (Å²) in [4.78, 5) is 18.3. The van der Waals surface area contributed by atoms with E-state index in [1.54, 1.807) is 0 Å². The topological polar surface area (TPSA) is 45.8 Å². The Morgan fingerprint density at radius 3 is 2.93 bits per heavy atom. The van der Waals surface area contributed by atoms with Crippen molar-refractivity contribution in [3.8, 4) is 0 Å². The lowest BCUT2D eigenvalue weighted by Gasteiger charge is -2.04. The van der Waals surface area contributed by atoms with Crippen LogP contribution in [0.1, 0.15) is 17.6 Å². The molecule has 0 saturated heterocycles. The van der Waals surface area contributed by atoms with Crippen molar-refractivity contribution in [2.75, 3.05) is 0 Å². The number of alkyl halides is 1. The second-order valence-corrected chi connectivity index (χ2v) is 4.60. The molecule has 0 saturated carbocycles. The van der Waals surface area contributed by atoms with E-state index >= 15 is 0 Å². The summed E-state index contributed by atoms with van der Waals surface area (Å²) in [5.74, 6) is 0.105. The zero-order valence-electron chi connectivity index (χ0n) is 7.92. The van der Waals surface area contributed by atoms with Gasteiger partial charge in [0.1, 0.15) is 11.6 Å². The van der Waals surface area contributed by atoms with Crippen LogP contribution in [-0.2, 0) is 0 Å². The van der Waals surface area contributed by atoms with Gasteiger partial charge in [-0.15, -0.1) is 0 Å². The van der Waals surface area contributed by atoms with Crippen LogP contribution in [-0.4, -0.2) is 9.97 Å². The predicted octanol–water partition coefficient (Wildman–Crippen LogP) is 2.52. The van der Waals surface area contributed by atoms with Gasteiger partial charge in [-0.05, 0) is 25.1 Å². The maximum Gasteiger partial charge on any atom is 0.258 e. The van der Waals surface area contributed by atoms with E-state index in [2.05, 4.69) is 25.9 Å². The van der Waals surface area contributed by atoms with E-state index in [0.29, 0.717) is 11.3 Å². The van der Waals surface area contributed by atoms with Crippen LogP contribution >= 0.6 is 15.9 Å². The van der Waals surface area contributed by atoms with Gasteiger partial charge in [0.15, 0.2) is 0 Å². The summed E-state index contributed by atoms with van der Waals surface area (Å²) < 4.78 is 12.9. The van der Waals surface area contributed by atoms with Crippen LogP contribution < -0.4 is 5.56 Å². The van der Waals surface area contributed by atoms with Crippen molar-refractivity contribution in [3.63, 3.8) is 0 Å². The van der Waals surface area contributed by atoms with E-state index in [0.717, 1.165) is 0 Å². The van der Waals surface area contributed by atoms with Gasteiger partial charge in [-0.1, -0.05) is 15.9 Å². The molecule has 78 valence electrons. The fraction of sp³-hybridized carbons (Fsp3) is 0.200. The van der Waals surface area contributed by atoms with Crippen molar-refractivity contribution >= 4 is 26.8 Å². The van der Waals surface area contributed by atoms with Crippen molar-refractivity contribution in [1.82, 2.24) is 9.97 Å². The van der Waals surface area contributed by atoms with E-state index in [-0.39, 0.29) is 15.8 Å². The normalized spacial score (nSPS) is 13.0. The Hall–Kier alpha value is -1.23. The number of hydrogen-bond acceptors (Lipinski definition) is 2. The standard InChI is InChI=1S/C10H8BrFN2O/c1-5(11)9-13-8-3-2-6(12)4-7(8)10(15)14-9/h2-5H,1H3,(H,13,14,15). The summed E-state index contributed by atoms with van der Waals surface area (Å²) in [5.41, 5.74) is 0.183. The number of nitrogens with zero attached hydrogens (tertiary/aromatic N) is 1. The van der Waals surface area contributed by atoms with Gasteiger partial charge in [0, 0.05) is 0 Å². The molecule has 0 radical (unpaired) electrons. The van der Waals surface area contributed by atoms with E-state index in [1.807, 2.05) is 6.92 Å². The number of hydrogen-bond donors (Lipinski definition) is 1. The molecule has 0 amide bonds. The van der Waals surface area contributed by atoms with Crippen molar-refractivity contribution < 1.29 is 4.39 Å².